The maximum Gasteiger partial charge on any atom is 0.387 e. The molecule has 0 unspecified atom stereocenters. The van der Waals surface area contributed by atoms with Gasteiger partial charge in [-0.2, -0.15) is 14.0 Å². The highest BCUT2D eigenvalue weighted by atomic mass is 32.2. The second-order valence-corrected chi connectivity index (χ2v) is 7.18. The third-order valence-corrected chi connectivity index (χ3v) is 5.72. The number of anilines is 2. The molecule has 3 aromatic rings. The van der Waals surface area contributed by atoms with Crippen LogP contribution in [-0.4, -0.2) is 18.7 Å². The molecule has 5 N–H and O–H groups in total. The van der Waals surface area contributed by atoms with Crippen LogP contribution in [0.2, 0.25) is 0 Å². The Labute approximate surface area is 160 Å². The summed E-state index contributed by atoms with van der Waals surface area (Å²) < 4.78 is 28.8. The number of fused-ring (bicyclic) bond motifs is 1. The van der Waals surface area contributed by atoms with Crippen molar-refractivity contribution in [3.63, 3.8) is 0 Å². The predicted octanol–water partition coefficient (Wildman–Crippen LogP) is 3.31. The number of rotatable bonds is 5. The lowest BCUT2D eigenvalue weighted by molar-refractivity contribution is -0.324. The number of pyridine rings is 1. The van der Waals surface area contributed by atoms with E-state index in [4.69, 9.17) is 11.5 Å². The van der Waals surface area contributed by atoms with Gasteiger partial charge in [-0.3, -0.25) is 10.5 Å². The van der Waals surface area contributed by atoms with E-state index >= 15 is 0 Å². The molecule has 2 heterocycles. The quantitative estimate of drug-likeness (QED) is 0.495. The highest BCUT2D eigenvalue weighted by molar-refractivity contribution is 7.99. The van der Waals surface area contributed by atoms with E-state index in [2.05, 4.69) is 9.72 Å². The topological polar surface area (TPSA) is 116 Å². The molecule has 0 saturated carbocycles. The first-order chi connectivity index (χ1) is 12.9. The molecule has 0 bridgehead atoms. The predicted molar refractivity (Wildman–Crippen MR) is 100 cm³/mol. The van der Waals surface area contributed by atoms with Gasteiger partial charge < -0.3 is 10.5 Å². The first-order valence-corrected chi connectivity index (χ1v) is 9.51. The van der Waals surface area contributed by atoms with Gasteiger partial charge in [0.15, 0.2) is 10.4 Å². The molecule has 0 atom stereocenters. The summed E-state index contributed by atoms with van der Waals surface area (Å²) in [6.07, 6.45) is 1.79. The van der Waals surface area contributed by atoms with E-state index in [0.717, 1.165) is 11.3 Å². The molecule has 0 fully saturated rings. The summed E-state index contributed by atoms with van der Waals surface area (Å²) in [5.41, 5.74) is 12.9. The van der Waals surface area contributed by atoms with E-state index in [1.807, 2.05) is 6.07 Å². The maximum absolute atomic E-state index is 12.8. The number of nitrogens with two attached hydrogens (primary N) is 2. The number of nitrogens with zero attached hydrogens (tertiary/aromatic N) is 1. The second-order valence-electron chi connectivity index (χ2n) is 5.34. The minimum absolute atomic E-state index is 0.0460. The molecule has 0 aliphatic rings. The monoisotopic (exact) mass is 407 g/mol. The molecule has 3 rings (SSSR count). The van der Waals surface area contributed by atoms with Crippen molar-refractivity contribution in [1.29, 1.82) is 5.26 Å². The van der Waals surface area contributed by atoms with Gasteiger partial charge in [-0.15, -0.1) is 11.8 Å². The van der Waals surface area contributed by atoms with Crippen LogP contribution in [0.4, 0.5) is 20.3 Å². The Balaban J connectivity index is 2.08. The molecular formula is C17H13F2N4O2S2+. The van der Waals surface area contributed by atoms with Crippen LogP contribution >= 0.6 is 23.1 Å². The van der Waals surface area contributed by atoms with Crippen molar-refractivity contribution in [2.75, 3.05) is 17.7 Å². The number of thioether (sulfide) groups is 1. The molecule has 138 valence electrons. The smallest absolute Gasteiger partial charge is 0.387 e. The van der Waals surface area contributed by atoms with E-state index in [0.29, 0.717) is 15.1 Å². The first-order valence-electron chi connectivity index (χ1n) is 7.47. The number of ether oxygens (including phenoxy) is 1. The molecule has 0 spiro atoms. The van der Waals surface area contributed by atoms with Crippen molar-refractivity contribution in [2.45, 2.75) is 11.5 Å². The Kier molecular flexibility index (Phi) is 5.16. The van der Waals surface area contributed by atoms with Crippen LogP contribution in [0.1, 0.15) is 20.8 Å². The molecule has 1 aromatic carbocycles. The number of benzene rings is 1. The van der Waals surface area contributed by atoms with Gasteiger partial charge in [0.05, 0.1) is 11.1 Å². The van der Waals surface area contributed by atoms with Crippen LogP contribution < -0.4 is 21.2 Å². The van der Waals surface area contributed by atoms with Crippen LogP contribution in [0.5, 0.6) is 5.75 Å². The van der Waals surface area contributed by atoms with E-state index in [-0.39, 0.29) is 39.0 Å². The number of H-pyrrole nitrogens is 1. The fourth-order valence-electron chi connectivity index (χ4n) is 2.59. The Bertz CT molecular complexity index is 1080. The first kappa shape index (κ1) is 18.9. The Morgan fingerprint density at radius 3 is 2.56 bits per heavy atom. The number of nitrogens with one attached hydrogen (secondary N) is 1. The number of hydrogen-bond acceptors (Lipinski definition) is 7. The zero-order valence-electron chi connectivity index (χ0n) is 13.9. The molecule has 10 heteroatoms. The fraction of sp³-hybridized carbons (Fsp3) is 0.118. The van der Waals surface area contributed by atoms with Crippen LogP contribution in [0.3, 0.4) is 0 Å². The van der Waals surface area contributed by atoms with Crippen molar-refractivity contribution in [3.8, 4) is 11.8 Å². The normalized spacial score (nSPS) is 10.9. The number of nitrogen functional groups attached to an aromatic ring is 2. The number of alkyl halides is 2. The minimum atomic E-state index is -2.94. The van der Waals surface area contributed by atoms with Crippen LogP contribution in [0.15, 0.2) is 29.2 Å². The zero-order chi connectivity index (χ0) is 19.7. The Hall–Kier alpha value is -2.90. The van der Waals surface area contributed by atoms with E-state index in [1.54, 1.807) is 6.26 Å². The molecule has 0 aliphatic heterocycles. The fourth-order valence-corrected chi connectivity index (χ4v) is 4.53. The molecule has 27 heavy (non-hydrogen) atoms. The number of hydrogen-bond donors (Lipinski definition) is 2. The van der Waals surface area contributed by atoms with Gasteiger partial charge in [-0.1, -0.05) is 11.3 Å². The summed E-state index contributed by atoms with van der Waals surface area (Å²) in [4.78, 5) is 17.2. The van der Waals surface area contributed by atoms with Gasteiger partial charge in [-0.25, -0.2) is 4.98 Å². The van der Waals surface area contributed by atoms with Crippen molar-refractivity contribution >= 4 is 50.6 Å². The van der Waals surface area contributed by atoms with E-state index < -0.39 is 6.61 Å². The standard InChI is InChI=1S/C17H12F2N4O2S2/c1-26-13-9(6-20)15(22)23-16-10(13)11(21)14(27-16)12(24)7-2-4-8(5-3-7)25-17(18)19/h2-5,17H,21H2,1H3,(H2,22,23)/p+1. The van der Waals surface area contributed by atoms with Crippen molar-refractivity contribution in [3.05, 3.63) is 40.3 Å². The molecule has 2 aromatic heterocycles. The summed E-state index contributed by atoms with van der Waals surface area (Å²) in [6, 6.07) is 7.38. The number of ketones is 1. The van der Waals surface area contributed by atoms with Crippen molar-refractivity contribution in [2.24, 2.45) is 0 Å². The van der Waals surface area contributed by atoms with E-state index in [9.17, 15) is 18.8 Å². The third-order valence-electron chi connectivity index (χ3n) is 3.78. The van der Waals surface area contributed by atoms with Crippen molar-refractivity contribution in [1.82, 2.24) is 0 Å². The number of carbonyl (C=O) groups is 1. The van der Waals surface area contributed by atoms with Gasteiger partial charge in [0.25, 0.3) is 5.82 Å². The number of aromatic amines is 1. The van der Waals surface area contributed by atoms with Gasteiger partial charge in [-0.05, 0) is 30.5 Å². The molecule has 6 nitrogen and oxygen atoms in total. The largest absolute Gasteiger partial charge is 0.435 e. The average molecular weight is 407 g/mol. The molecule has 0 aliphatic carbocycles. The maximum atomic E-state index is 12.8. The van der Waals surface area contributed by atoms with Crippen LogP contribution in [0.25, 0.3) is 10.2 Å². The molecule has 0 amide bonds. The number of halogens is 2. The lowest BCUT2D eigenvalue weighted by atomic mass is 10.1. The SMILES string of the molecule is CSc1c(C#N)c(N)[nH+]c2sc(C(=O)c3ccc(OC(F)F)cc3)c(N)c12. The lowest BCUT2D eigenvalue weighted by Gasteiger charge is -2.05. The minimum Gasteiger partial charge on any atom is -0.435 e. The third kappa shape index (κ3) is 3.39. The number of thiophene rings is 1. The van der Waals surface area contributed by atoms with Gasteiger partial charge in [0.1, 0.15) is 16.7 Å². The Morgan fingerprint density at radius 2 is 2.00 bits per heavy atom. The van der Waals surface area contributed by atoms with Crippen LogP contribution in [-0.2, 0) is 0 Å². The summed E-state index contributed by atoms with van der Waals surface area (Å²) in [7, 11) is 0. The van der Waals surface area contributed by atoms with Gasteiger partial charge in [0.2, 0.25) is 5.78 Å². The summed E-state index contributed by atoms with van der Waals surface area (Å²) in [6.45, 7) is -2.94. The number of aromatic nitrogens is 1. The highest BCUT2D eigenvalue weighted by Crippen LogP contribution is 2.40. The lowest BCUT2D eigenvalue weighted by Crippen LogP contribution is -2.13. The summed E-state index contributed by atoms with van der Waals surface area (Å²) >= 11 is 2.43. The second kappa shape index (κ2) is 7.38. The summed E-state index contributed by atoms with van der Waals surface area (Å²) in [5, 5.41) is 9.90. The van der Waals surface area contributed by atoms with Crippen molar-refractivity contribution < 1.29 is 23.3 Å². The van der Waals surface area contributed by atoms with E-state index in [1.165, 1.54) is 36.0 Å². The molecular weight excluding hydrogens is 394 g/mol. The van der Waals surface area contributed by atoms with Crippen LogP contribution in [0, 0.1) is 11.3 Å². The van der Waals surface area contributed by atoms with Gasteiger partial charge >= 0.3 is 6.61 Å². The molecule has 0 radical (unpaired) electrons. The summed E-state index contributed by atoms with van der Waals surface area (Å²) in [5.74, 6) is -0.215. The van der Waals surface area contributed by atoms with Gasteiger partial charge in [0, 0.05) is 10.5 Å². The zero-order valence-corrected chi connectivity index (χ0v) is 15.5. The Morgan fingerprint density at radius 1 is 1.33 bits per heavy atom. The number of carbonyl (C=O) groups excluding carboxylic acids is 1. The highest BCUT2D eigenvalue weighted by Gasteiger charge is 2.26. The molecule has 0 saturated heterocycles. The number of nitriles is 1. The average Bonchev–Trinajstić information content (AvgIpc) is 2.96.